The van der Waals surface area contributed by atoms with Crippen molar-refractivity contribution in [2.45, 2.75) is 4.90 Å². The monoisotopic (exact) mass is 395 g/mol. The minimum Gasteiger partial charge on any atom is -0.321 e. The first-order valence-corrected chi connectivity index (χ1v) is 9.56. The average Bonchev–Trinajstić information content (AvgIpc) is 2.68. The van der Waals surface area contributed by atoms with Crippen LogP contribution in [-0.4, -0.2) is 14.3 Å². The van der Waals surface area contributed by atoms with Crippen LogP contribution in [0.1, 0.15) is 15.9 Å². The van der Waals surface area contributed by atoms with Gasteiger partial charge in [-0.05, 0) is 48.5 Å². The smallest absolute Gasteiger partial charge is 0.261 e. The molecule has 1 amide bonds. The molecule has 0 saturated carbocycles. The Labute approximate surface area is 161 Å². The number of nitrogens with zero attached hydrogens (tertiary/aromatic N) is 1. The van der Waals surface area contributed by atoms with Crippen LogP contribution in [0.2, 0.25) is 0 Å². The van der Waals surface area contributed by atoms with Gasteiger partial charge in [0.25, 0.3) is 15.9 Å². The molecule has 0 aliphatic heterocycles. The summed E-state index contributed by atoms with van der Waals surface area (Å²) >= 11 is 0. The number of para-hydroxylation sites is 1. The van der Waals surface area contributed by atoms with Crippen molar-refractivity contribution in [3.63, 3.8) is 0 Å². The molecular weight excluding hydrogens is 381 g/mol. The molecule has 3 aromatic carbocycles. The maximum atomic E-state index is 13.3. The zero-order chi connectivity index (χ0) is 20.1. The van der Waals surface area contributed by atoms with E-state index >= 15 is 0 Å². The maximum Gasteiger partial charge on any atom is 0.261 e. The molecule has 0 heterocycles. The number of nitriles is 1. The van der Waals surface area contributed by atoms with Crippen LogP contribution in [0, 0.1) is 17.1 Å². The van der Waals surface area contributed by atoms with Gasteiger partial charge in [0.05, 0.1) is 21.8 Å². The summed E-state index contributed by atoms with van der Waals surface area (Å²) in [6, 6.07) is 18.9. The van der Waals surface area contributed by atoms with Crippen LogP contribution in [0.3, 0.4) is 0 Å². The van der Waals surface area contributed by atoms with Gasteiger partial charge in [-0.1, -0.05) is 24.3 Å². The highest BCUT2D eigenvalue weighted by molar-refractivity contribution is 7.92. The predicted octanol–water partition coefficient (Wildman–Crippen LogP) is 3.75. The molecule has 0 atom stereocenters. The van der Waals surface area contributed by atoms with Gasteiger partial charge in [0.1, 0.15) is 11.9 Å². The number of hydrogen-bond acceptors (Lipinski definition) is 4. The Hall–Kier alpha value is -3.70. The number of amides is 1. The number of halogens is 1. The Morgan fingerprint density at radius 3 is 2.46 bits per heavy atom. The zero-order valence-electron chi connectivity index (χ0n) is 14.4. The van der Waals surface area contributed by atoms with Gasteiger partial charge in [0, 0.05) is 5.56 Å². The van der Waals surface area contributed by atoms with Crippen molar-refractivity contribution in [1.82, 2.24) is 0 Å². The normalized spacial score (nSPS) is 10.7. The molecule has 0 bridgehead atoms. The second-order valence-electron chi connectivity index (χ2n) is 5.76. The van der Waals surface area contributed by atoms with Crippen molar-refractivity contribution >= 4 is 27.3 Å². The van der Waals surface area contributed by atoms with Gasteiger partial charge >= 0.3 is 0 Å². The van der Waals surface area contributed by atoms with Gasteiger partial charge < -0.3 is 5.32 Å². The van der Waals surface area contributed by atoms with Gasteiger partial charge in [0.15, 0.2) is 0 Å². The summed E-state index contributed by atoms with van der Waals surface area (Å²) in [5, 5.41) is 11.7. The number of anilines is 2. The van der Waals surface area contributed by atoms with Crippen LogP contribution in [0.5, 0.6) is 0 Å². The fourth-order valence-electron chi connectivity index (χ4n) is 2.45. The number of benzene rings is 3. The molecule has 0 radical (unpaired) electrons. The summed E-state index contributed by atoms with van der Waals surface area (Å²) in [7, 11) is -4.02. The number of carbonyl (C=O) groups is 1. The number of nitrogens with one attached hydrogen (secondary N) is 2. The largest absolute Gasteiger partial charge is 0.321 e. The van der Waals surface area contributed by atoms with E-state index in [1.54, 1.807) is 24.3 Å². The molecule has 3 rings (SSSR count). The summed E-state index contributed by atoms with van der Waals surface area (Å²) in [6.45, 7) is 0. The molecular formula is C20H14FN3O3S. The Kier molecular flexibility index (Phi) is 5.38. The SMILES string of the molecule is N#Cc1ccccc1NC(=O)c1cccc(S(=O)(=O)Nc2cccc(F)c2)c1. The van der Waals surface area contributed by atoms with E-state index in [-0.39, 0.29) is 21.7 Å². The maximum absolute atomic E-state index is 13.3. The highest BCUT2D eigenvalue weighted by Gasteiger charge is 2.17. The molecule has 0 aliphatic rings. The topological polar surface area (TPSA) is 99.1 Å². The summed E-state index contributed by atoms with van der Waals surface area (Å²) in [6.07, 6.45) is 0. The van der Waals surface area contributed by atoms with E-state index in [2.05, 4.69) is 10.0 Å². The van der Waals surface area contributed by atoms with E-state index < -0.39 is 21.7 Å². The molecule has 0 aliphatic carbocycles. The van der Waals surface area contributed by atoms with Gasteiger partial charge in [-0.2, -0.15) is 5.26 Å². The van der Waals surface area contributed by atoms with Gasteiger partial charge in [-0.25, -0.2) is 12.8 Å². The minimum absolute atomic E-state index is 0.0674. The third kappa shape index (κ3) is 4.34. The highest BCUT2D eigenvalue weighted by atomic mass is 32.2. The average molecular weight is 395 g/mol. The Morgan fingerprint density at radius 1 is 0.964 bits per heavy atom. The van der Waals surface area contributed by atoms with Crippen LogP contribution in [0.25, 0.3) is 0 Å². The number of hydrogen-bond donors (Lipinski definition) is 2. The minimum atomic E-state index is -4.02. The Bertz CT molecular complexity index is 1190. The summed E-state index contributed by atoms with van der Waals surface area (Å²) in [5.74, 6) is -1.14. The van der Waals surface area contributed by atoms with E-state index in [0.29, 0.717) is 5.69 Å². The Balaban J connectivity index is 1.85. The van der Waals surface area contributed by atoms with Crippen molar-refractivity contribution in [1.29, 1.82) is 5.26 Å². The molecule has 0 unspecified atom stereocenters. The van der Waals surface area contributed by atoms with Crippen molar-refractivity contribution in [3.8, 4) is 6.07 Å². The molecule has 0 fully saturated rings. The molecule has 6 nitrogen and oxygen atoms in total. The van der Waals surface area contributed by atoms with Crippen LogP contribution in [0.4, 0.5) is 15.8 Å². The zero-order valence-corrected chi connectivity index (χ0v) is 15.2. The van der Waals surface area contributed by atoms with Crippen molar-refractivity contribution in [2.75, 3.05) is 10.0 Å². The number of rotatable bonds is 5. The van der Waals surface area contributed by atoms with E-state index in [1.165, 1.54) is 42.5 Å². The lowest BCUT2D eigenvalue weighted by molar-refractivity contribution is 0.102. The third-order valence-corrected chi connectivity index (χ3v) is 5.16. The second kappa shape index (κ2) is 7.90. The standard InChI is InChI=1S/C20H14FN3O3S/c21-16-7-4-8-17(12-16)24-28(26,27)18-9-3-6-14(11-18)20(25)23-19-10-2-1-5-15(19)13-22/h1-12,24H,(H,23,25). The predicted molar refractivity (Wildman–Crippen MR) is 103 cm³/mol. The molecule has 8 heteroatoms. The molecule has 0 spiro atoms. The first-order chi connectivity index (χ1) is 13.4. The fraction of sp³-hybridized carbons (Fsp3) is 0. The summed E-state index contributed by atoms with van der Waals surface area (Å²) < 4.78 is 40.6. The summed E-state index contributed by atoms with van der Waals surface area (Å²) in [4.78, 5) is 12.3. The first kappa shape index (κ1) is 19.1. The van der Waals surface area contributed by atoms with Crippen LogP contribution >= 0.6 is 0 Å². The Morgan fingerprint density at radius 2 is 1.71 bits per heavy atom. The molecule has 0 saturated heterocycles. The number of sulfonamides is 1. The van der Waals surface area contributed by atoms with Crippen LogP contribution < -0.4 is 10.0 Å². The molecule has 28 heavy (non-hydrogen) atoms. The first-order valence-electron chi connectivity index (χ1n) is 8.08. The van der Waals surface area contributed by atoms with E-state index in [4.69, 9.17) is 5.26 Å². The molecule has 140 valence electrons. The van der Waals surface area contributed by atoms with Crippen molar-refractivity contribution in [3.05, 3.63) is 89.7 Å². The lowest BCUT2D eigenvalue weighted by Crippen LogP contribution is -2.16. The van der Waals surface area contributed by atoms with Crippen LogP contribution in [0.15, 0.2) is 77.7 Å². The van der Waals surface area contributed by atoms with Crippen molar-refractivity contribution in [2.24, 2.45) is 0 Å². The van der Waals surface area contributed by atoms with E-state index in [9.17, 15) is 17.6 Å². The van der Waals surface area contributed by atoms with Crippen LogP contribution in [-0.2, 0) is 10.0 Å². The van der Waals surface area contributed by atoms with Gasteiger partial charge in [0.2, 0.25) is 0 Å². The summed E-state index contributed by atoms with van der Waals surface area (Å²) in [5.41, 5.74) is 0.765. The highest BCUT2D eigenvalue weighted by Crippen LogP contribution is 2.19. The lowest BCUT2D eigenvalue weighted by atomic mass is 10.1. The molecule has 3 aromatic rings. The third-order valence-electron chi connectivity index (χ3n) is 3.78. The second-order valence-corrected chi connectivity index (χ2v) is 7.44. The van der Waals surface area contributed by atoms with Gasteiger partial charge in [-0.15, -0.1) is 0 Å². The van der Waals surface area contributed by atoms with Gasteiger partial charge in [-0.3, -0.25) is 9.52 Å². The molecule has 2 N–H and O–H groups in total. The lowest BCUT2D eigenvalue weighted by Gasteiger charge is -2.10. The molecule has 0 aromatic heterocycles. The number of carbonyl (C=O) groups excluding carboxylic acids is 1. The van der Waals surface area contributed by atoms with Crippen molar-refractivity contribution < 1.29 is 17.6 Å². The fourth-order valence-corrected chi connectivity index (χ4v) is 3.55. The van der Waals surface area contributed by atoms with E-state index in [1.807, 2.05) is 6.07 Å². The quantitative estimate of drug-likeness (QED) is 0.687. The van der Waals surface area contributed by atoms with E-state index in [0.717, 1.165) is 6.07 Å².